The van der Waals surface area contributed by atoms with Gasteiger partial charge in [-0.3, -0.25) is 0 Å². The molecule has 1 heterocycles. The van der Waals surface area contributed by atoms with Crippen LogP contribution in [0.15, 0.2) is 9.85 Å². The summed E-state index contributed by atoms with van der Waals surface area (Å²) in [5.41, 5.74) is 1.41. The van der Waals surface area contributed by atoms with Crippen molar-refractivity contribution in [2.75, 3.05) is 5.75 Å². The molecule has 1 atom stereocenters. The number of nitrogens with zero attached hydrogens (tertiary/aromatic N) is 2. The second kappa shape index (κ2) is 3.65. The first-order chi connectivity index (χ1) is 5.20. The Morgan fingerprint density at radius 3 is 3.09 bits per heavy atom. The van der Waals surface area contributed by atoms with Crippen LogP contribution in [0.5, 0.6) is 0 Å². The van der Waals surface area contributed by atoms with Crippen LogP contribution < -0.4 is 0 Å². The summed E-state index contributed by atoms with van der Waals surface area (Å²) in [4.78, 5) is 10.1. The highest BCUT2D eigenvalue weighted by Crippen LogP contribution is 2.11. The first kappa shape index (κ1) is 8.44. The van der Waals surface area contributed by atoms with E-state index in [1.807, 2.05) is 0 Å². The Morgan fingerprint density at radius 2 is 2.64 bits per heavy atom. The van der Waals surface area contributed by atoms with E-state index in [-0.39, 0.29) is 4.34 Å². The molecular formula is C4H4N2O3S2. The molecule has 0 spiro atoms. The molecule has 0 saturated carbocycles. The predicted octanol–water partition coefficient (Wildman–Crippen LogP) is -0.270. The summed E-state index contributed by atoms with van der Waals surface area (Å²) in [7, 11) is 0. The minimum atomic E-state index is -1.54. The smallest absolute Gasteiger partial charge is 0.354 e. The molecule has 0 aromatic carbocycles. The second-order valence-electron chi connectivity index (χ2n) is 1.59. The highest BCUT2D eigenvalue weighted by Gasteiger charge is 2.18. The number of aromatic nitrogens is 2. The average molecular weight is 192 g/mol. The predicted molar refractivity (Wildman–Crippen MR) is 38.8 cm³/mol. The van der Waals surface area contributed by atoms with Gasteiger partial charge >= 0.3 is 10.3 Å². The summed E-state index contributed by atoms with van der Waals surface area (Å²) >= 11 is -0.450. The molecule has 0 saturated heterocycles. The van der Waals surface area contributed by atoms with Crippen molar-refractivity contribution in [3.63, 3.8) is 0 Å². The molecule has 1 rings (SSSR count). The molecule has 0 bridgehead atoms. The third kappa shape index (κ3) is 2.45. The Labute approximate surface area is 69.3 Å². The maximum absolute atomic E-state index is 11.0. The Morgan fingerprint density at radius 1 is 1.91 bits per heavy atom. The van der Waals surface area contributed by atoms with Gasteiger partial charge in [-0.15, -0.1) is 5.10 Å². The molecule has 0 amide bonds. The van der Waals surface area contributed by atoms with Crippen molar-refractivity contribution < 1.29 is 14.5 Å². The van der Waals surface area contributed by atoms with Gasteiger partial charge in [0.1, 0.15) is 5.51 Å². The number of carboxylic acid groups (broad SMARTS) is 1. The van der Waals surface area contributed by atoms with Gasteiger partial charge in [-0.2, -0.15) is 0 Å². The average Bonchev–Trinajstić information content (AvgIpc) is 2.35. The molecule has 0 radical (unpaired) electrons. The first-order valence-electron chi connectivity index (χ1n) is 2.56. The molecular weight excluding hydrogens is 188 g/mol. The summed E-state index contributed by atoms with van der Waals surface area (Å²) in [6.45, 7) is 0. The summed E-state index contributed by atoms with van der Waals surface area (Å²) in [6.07, 6.45) is 0. The zero-order chi connectivity index (χ0) is 8.27. The lowest BCUT2D eigenvalue weighted by Gasteiger charge is -2.00. The van der Waals surface area contributed by atoms with Gasteiger partial charge in [-0.1, -0.05) is 5.10 Å². The number of hydrogen-bond acceptors (Lipinski definition) is 5. The number of carboxylic acids is 1. The van der Waals surface area contributed by atoms with Gasteiger partial charge in [0, 0.05) is 11.2 Å². The third-order valence-electron chi connectivity index (χ3n) is 0.789. The third-order valence-corrected chi connectivity index (χ3v) is 3.10. The maximum atomic E-state index is 11.0. The lowest BCUT2D eigenvalue weighted by atomic mass is 10.8. The van der Waals surface area contributed by atoms with Gasteiger partial charge in [0.2, 0.25) is 5.75 Å². The van der Waals surface area contributed by atoms with Crippen molar-refractivity contribution in [2.45, 2.75) is 4.34 Å². The van der Waals surface area contributed by atoms with Gasteiger partial charge < -0.3 is 9.66 Å². The molecule has 0 aliphatic heterocycles. The zero-order valence-corrected chi connectivity index (χ0v) is 6.89. The zero-order valence-electron chi connectivity index (χ0n) is 5.26. The molecule has 1 aromatic rings. The lowest BCUT2D eigenvalue weighted by molar-refractivity contribution is -0.134. The second-order valence-corrected chi connectivity index (χ2v) is 4.05. The van der Waals surface area contributed by atoms with E-state index in [4.69, 9.17) is 5.11 Å². The van der Waals surface area contributed by atoms with Crippen molar-refractivity contribution in [1.29, 1.82) is 0 Å². The molecule has 11 heavy (non-hydrogen) atoms. The monoisotopic (exact) mass is 192 g/mol. The van der Waals surface area contributed by atoms with Crippen LogP contribution in [0.25, 0.3) is 0 Å². The van der Waals surface area contributed by atoms with Crippen LogP contribution in [0.3, 0.4) is 0 Å². The fraction of sp³-hybridized carbons (Fsp3) is 0.250. The van der Waals surface area contributed by atoms with Crippen LogP contribution >= 0.6 is 11.3 Å². The molecule has 0 aliphatic carbocycles. The molecule has 1 N–H and O–H groups in total. The quantitative estimate of drug-likeness (QED) is 0.666. The van der Waals surface area contributed by atoms with E-state index in [9.17, 15) is 9.35 Å². The van der Waals surface area contributed by atoms with Crippen molar-refractivity contribution in [2.24, 2.45) is 0 Å². The van der Waals surface area contributed by atoms with Gasteiger partial charge in [0.15, 0.2) is 0 Å². The minimum Gasteiger partial charge on any atom is -0.609 e. The van der Waals surface area contributed by atoms with E-state index in [1.165, 1.54) is 5.51 Å². The van der Waals surface area contributed by atoms with Gasteiger partial charge in [0.25, 0.3) is 0 Å². The van der Waals surface area contributed by atoms with Crippen LogP contribution in [0, 0.1) is 0 Å². The standard InChI is InChI=1S/C4H4N2O3S2/c7-3(8)1-11(9)4-6-5-2-10-4/h2H,1H2,(H,7,8). The van der Waals surface area contributed by atoms with Crippen LogP contribution in [-0.2, 0) is 16.0 Å². The minimum absolute atomic E-state index is 0.257. The van der Waals surface area contributed by atoms with Crippen LogP contribution in [-0.4, -0.2) is 31.6 Å². The summed E-state index contributed by atoms with van der Waals surface area (Å²) in [5.74, 6) is -1.51. The van der Waals surface area contributed by atoms with E-state index in [1.54, 1.807) is 0 Å². The van der Waals surface area contributed by atoms with Gasteiger partial charge in [0.05, 0.1) is 0 Å². The van der Waals surface area contributed by atoms with E-state index < -0.39 is 22.9 Å². The molecule has 1 aromatic heterocycles. The normalized spacial score (nSPS) is 12.8. The Kier molecular flexibility index (Phi) is 2.80. The van der Waals surface area contributed by atoms with Crippen molar-refractivity contribution in [1.82, 2.24) is 10.2 Å². The Balaban J connectivity index is 2.56. The Bertz CT molecular complexity index is 237. The van der Waals surface area contributed by atoms with Crippen molar-refractivity contribution in [3.05, 3.63) is 5.51 Å². The van der Waals surface area contributed by atoms with Gasteiger partial charge in [-0.25, -0.2) is 4.79 Å². The number of aliphatic carboxylic acids is 1. The number of carbonyl (C=O) groups is 1. The molecule has 5 nitrogen and oxygen atoms in total. The molecule has 1 unspecified atom stereocenters. The molecule has 0 aliphatic rings. The SMILES string of the molecule is O=C(O)C[S+]([O-])c1nncs1. The van der Waals surface area contributed by atoms with E-state index in [0.29, 0.717) is 0 Å². The molecule has 7 heteroatoms. The van der Waals surface area contributed by atoms with E-state index in [0.717, 1.165) is 11.3 Å². The lowest BCUT2D eigenvalue weighted by Crippen LogP contribution is -2.15. The van der Waals surface area contributed by atoms with Crippen molar-refractivity contribution in [3.8, 4) is 0 Å². The summed E-state index contributed by atoms with van der Waals surface area (Å²) < 4.78 is 11.2. The fourth-order valence-corrected chi connectivity index (χ4v) is 1.94. The van der Waals surface area contributed by atoms with Crippen molar-refractivity contribution >= 4 is 28.5 Å². The number of rotatable bonds is 3. The summed E-state index contributed by atoms with van der Waals surface area (Å²) in [6, 6.07) is 0. The van der Waals surface area contributed by atoms with Gasteiger partial charge in [-0.05, 0) is 11.3 Å². The Hall–Kier alpha value is -0.660. The number of hydrogen-bond donors (Lipinski definition) is 1. The fourth-order valence-electron chi connectivity index (χ4n) is 0.436. The highest BCUT2D eigenvalue weighted by atomic mass is 32.2. The molecule has 0 fully saturated rings. The van der Waals surface area contributed by atoms with Crippen LogP contribution in [0.1, 0.15) is 0 Å². The van der Waals surface area contributed by atoms with E-state index >= 15 is 0 Å². The van der Waals surface area contributed by atoms with E-state index in [2.05, 4.69) is 10.2 Å². The largest absolute Gasteiger partial charge is 0.609 e. The summed E-state index contributed by atoms with van der Waals surface area (Å²) in [5, 5.41) is 15.2. The maximum Gasteiger partial charge on any atom is 0.354 e. The van der Waals surface area contributed by atoms with Crippen LogP contribution in [0.2, 0.25) is 0 Å². The first-order valence-corrected chi connectivity index (χ1v) is 4.76. The topological polar surface area (TPSA) is 86.1 Å². The highest BCUT2D eigenvalue weighted by molar-refractivity contribution is 7.93. The van der Waals surface area contributed by atoms with Crippen LogP contribution in [0.4, 0.5) is 0 Å². The molecule has 60 valence electrons.